The normalized spacial score (nSPS) is 12.4. The highest BCUT2D eigenvalue weighted by molar-refractivity contribution is 7.91. The minimum atomic E-state index is -3.42. The molecule has 0 fully saturated rings. The minimum Gasteiger partial charge on any atom is -0.479 e. The number of aliphatic carboxylic acids is 1. The number of carboxylic acid groups (broad SMARTS) is 1. The topological polar surface area (TPSA) is 110 Å². The molecule has 8 nitrogen and oxygen atoms in total. The molecule has 1 aromatic heterocycles. The molecule has 3 aromatic carbocycles. The zero-order chi connectivity index (χ0) is 24.8. The molecular formula is C26H26N2O6S. The largest absolute Gasteiger partial charge is 0.479 e. The molecule has 182 valence electrons. The van der Waals surface area contributed by atoms with Gasteiger partial charge in [-0.05, 0) is 55.3 Å². The summed E-state index contributed by atoms with van der Waals surface area (Å²) in [6, 6.07) is 23.3. The van der Waals surface area contributed by atoms with Crippen molar-refractivity contribution in [2.75, 3.05) is 17.2 Å². The predicted molar refractivity (Wildman–Crippen MR) is 132 cm³/mol. The van der Waals surface area contributed by atoms with Crippen molar-refractivity contribution in [2.24, 2.45) is 0 Å². The minimum absolute atomic E-state index is 0.0208. The maximum absolute atomic E-state index is 12.7. The van der Waals surface area contributed by atoms with Gasteiger partial charge in [-0.25, -0.2) is 13.2 Å². The van der Waals surface area contributed by atoms with E-state index in [-0.39, 0.29) is 5.75 Å². The number of hydrogen-bond acceptors (Lipinski definition) is 7. The highest BCUT2D eigenvalue weighted by Crippen LogP contribution is 2.25. The Morgan fingerprint density at radius 2 is 1.80 bits per heavy atom. The number of benzene rings is 3. The Balaban J connectivity index is 1.54. The SMILES string of the molecule is CC(Oc1cccc(CN(CCCS(=O)(=O)c2ccccc2)c2nc3ccccc3o2)c1)C(=O)O. The van der Waals surface area contributed by atoms with Gasteiger partial charge in [0.25, 0.3) is 6.01 Å². The van der Waals surface area contributed by atoms with Crippen LogP contribution in [0.4, 0.5) is 6.01 Å². The van der Waals surface area contributed by atoms with Crippen LogP contribution in [0.2, 0.25) is 0 Å². The van der Waals surface area contributed by atoms with Gasteiger partial charge in [-0.3, -0.25) is 0 Å². The maximum atomic E-state index is 12.7. The molecule has 0 aliphatic carbocycles. The van der Waals surface area contributed by atoms with Crippen molar-refractivity contribution in [3.8, 4) is 5.75 Å². The number of anilines is 1. The van der Waals surface area contributed by atoms with E-state index in [0.29, 0.717) is 47.3 Å². The molecule has 1 unspecified atom stereocenters. The lowest BCUT2D eigenvalue weighted by Crippen LogP contribution is -2.26. The van der Waals surface area contributed by atoms with Gasteiger partial charge in [-0.1, -0.05) is 42.5 Å². The third-order valence-electron chi connectivity index (χ3n) is 5.43. The highest BCUT2D eigenvalue weighted by Gasteiger charge is 2.19. The fourth-order valence-corrected chi connectivity index (χ4v) is 4.94. The van der Waals surface area contributed by atoms with Crippen LogP contribution in [0.5, 0.6) is 5.75 Å². The molecule has 0 bridgehead atoms. The standard InChI is InChI=1S/C26H26N2O6S/c1-19(25(29)30)33-21-10-7-9-20(17-21)18-28(26-27-23-13-5-6-14-24(23)34-26)15-8-16-35(31,32)22-11-3-2-4-12-22/h2-7,9-14,17,19H,8,15-16,18H2,1H3,(H,29,30). The quantitative estimate of drug-likeness (QED) is 0.323. The van der Waals surface area contributed by atoms with Crippen LogP contribution in [0, 0.1) is 0 Å². The second-order valence-electron chi connectivity index (χ2n) is 8.12. The number of sulfone groups is 1. The van der Waals surface area contributed by atoms with Gasteiger partial charge in [0.1, 0.15) is 11.3 Å². The molecule has 4 aromatic rings. The number of rotatable bonds is 11. The number of hydrogen-bond donors (Lipinski definition) is 1. The Bertz CT molecular complexity index is 1370. The van der Waals surface area contributed by atoms with Crippen molar-refractivity contribution in [3.63, 3.8) is 0 Å². The first kappa shape index (κ1) is 24.3. The van der Waals surface area contributed by atoms with Crippen molar-refractivity contribution in [1.29, 1.82) is 0 Å². The van der Waals surface area contributed by atoms with Crippen molar-refractivity contribution in [3.05, 3.63) is 84.4 Å². The van der Waals surface area contributed by atoms with Crippen molar-refractivity contribution < 1.29 is 27.5 Å². The number of carbonyl (C=O) groups is 1. The molecule has 0 saturated heterocycles. The molecule has 0 aliphatic heterocycles. The van der Waals surface area contributed by atoms with Gasteiger partial charge < -0.3 is 19.2 Å². The van der Waals surface area contributed by atoms with Crippen LogP contribution in [0.15, 0.2) is 88.2 Å². The monoisotopic (exact) mass is 494 g/mol. The number of fused-ring (bicyclic) bond motifs is 1. The van der Waals surface area contributed by atoms with E-state index in [1.807, 2.05) is 35.2 Å². The van der Waals surface area contributed by atoms with E-state index < -0.39 is 21.9 Å². The van der Waals surface area contributed by atoms with Gasteiger partial charge in [0.05, 0.1) is 10.6 Å². The first-order valence-corrected chi connectivity index (χ1v) is 12.8. The van der Waals surface area contributed by atoms with Gasteiger partial charge in [-0.2, -0.15) is 4.98 Å². The van der Waals surface area contributed by atoms with Gasteiger partial charge >= 0.3 is 5.97 Å². The second-order valence-corrected chi connectivity index (χ2v) is 10.2. The lowest BCUT2D eigenvalue weighted by Gasteiger charge is -2.21. The Morgan fingerprint density at radius 3 is 2.54 bits per heavy atom. The summed E-state index contributed by atoms with van der Waals surface area (Å²) in [4.78, 5) is 17.9. The van der Waals surface area contributed by atoms with E-state index >= 15 is 0 Å². The molecule has 0 amide bonds. The first-order valence-electron chi connectivity index (χ1n) is 11.2. The Morgan fingerprint density at radius 1 is 1.06 bits per heavy atom. The number of carboxylic acids is 1. The maximum Gasteiger partial charge on any atom is 0.344 e. The van der Waals surface area contributed by atoms with E-state index in [1.165, 1.54) is 6.92 Å². The number of para-hydroxylation sites is 2. The molecule has 35 heavy (non-hydrogen) atoms. The van der Waals surface area contributed by atoms with Crippen molar-refractivity contribution >= 4 is 32.9 Å². The summed E-state index contributed by atoms with van der Waals surface area (Å²) in [5.41, 5.74) is 2.18. The average Bonchev–Trinajstić information content (AvgIpc) is 3.28. The summed E-state index contributed by atoms with van der Waals surface area (Å²) in [6.07, 6.45) is -0.621. The molecule has 1 heterocycles. The molecule has 9 heteroatoms. The lowest BCUT2D eigenvalue weighted by molar-refractivity contribution is -0.144. The van der Waals surface area contributed by atoms with Gasteiger partial charge in [0.2, 0.25) is 0 Å². The van der Waals surface area contributed by atoms with Crippen LogP contribution in [0.1, 0.15) is 18.9 Å². The molecule has 4 rings (SSSR count). The van der Waals surface area contributed by atoms with E-state index in [4.69, 9.17) is 14.3 Å². The summed E-state index contributed by atoms with van der Waals surface area (Å²) in [5, 5.41) is 9.12. The lowest BCUT2D eigenvalue weighted by atomic mass is 10.2. The number of aromatic nitrogens is 1. The van der Waals surface area contributed by atoms with Gasteiger partial charge in [0.15, 0.2) is 21.5 Å². The fourth-order valence-electron chi connectivity index (χ4n) is 3.62. The fraction of sp³-hybridized carbons (Fsp3) is 0.231. The molecule has 0 radical (unpaired) electrons. The molecule has 1 N–H and O–H groups in total. The van der Waals surface area contributed by atoms with Crippen LogP contribution in [-0.4, -0.2) is 42.9 Å². The zero-order valence-corrected chi connectivity index (χ0v) is 20.0. The van der Waals surface area contributed by atoms with E-state index in [9.17, 15) is 13.2 Å². The van der Waals surface area contributed by atoms with Gasteiger partial charge in [0, 0.05) is 13.1 Å². The molecule has 0 saturated carbocycles. The molecule has 0 aliphatic rings. The summed E-state index contributed by atoms with van der Waals surface area (Å²) in [7, 11) is -3.42. The summed E-state index contributed by atoms with van der Waals surface area (Å²) in [5.74, 6) is -0.641. The second kappa shape index (κ2) is 10.6. The zero-order valence-electron chi connectivity index (χ0n) is 19.2. The Labute approximate surface area is 203 Å². The molecular weight excluding hydrogens is 468 g/mol. The predicted octanol–water partition coefficient (Wildman–Crippen LogP) is 4.55. The van der Waals surface area contributed by atoms with Crippen molar-refractivity contribution in [1.82, 2.24) is 4.98 Å². The van der Waals surface area contributed by atoms with Crippen LogP contribution < -0.4 is 9.64 Å². The Kier molecular flexibility index (Phi) is 7.36. The third-order valence-corrected chi connectivity index (χ3v) is 7.25. The van der Waals surface area contributed by atoms with Gasteiger partial charge in [-0.15, -0.1) is 0 Å². The Hall–Kier alpha value is -3.85. The van der Waals surface area contributed by atoms with E-state index in [2.05, 4.69) is 4.98 Å². The number of oxazole rings is 1. The third kappa shape index (κ3) is 6.19. The summed E-state index contributed by atoms with van der Waals surface area (Å²) >= 11 is 0. The highest BCUT2D eigenvalue weighted by atomic mass is 32.2. The number of nitrogens with zero attached hydrogens (tertiary/aromatic N) is 2. The number of ether oxygens (including phenoxy) is 1. The average molecular weight is 495 g/mol. The molecule has 0 spiro atoms. The van der Waals surface area contributed by atoms with Crippen LogP contribution in [-0.2, 0) is 21.2 Å². The smallest absolute Gasteiger partial charge is 0.344 e. The van der Waals surface area contributed by atoms with Crippen LogP contribution >= 0.6 is 0 Å². The van der Waals surface area contributed by atoms with Crippen LogP contribution in [0.3, 0.4) is 0 Å². The van der Waals surface area contributed by atoms with Crippen molar-refractivity contribution in [2.45, 2.75) is 30.9 Å². The molecule has 1 atom stereocenters. The summed E-state index contributed by atoms with van der Waals surface area (Å²) in [6.45, 7) is 2.22. The van der Waals surface area contributed by atoms with E-state index in [0.717, 1.165) is 5.56 Å². The summed E-state index contributed by atoms with van der Waals surface area (Å²) < 4.78 is 36.9. The van der Waals surface area contributed by atoms with E-state index in [1.54, 1.807) is 48.5 Å². The van der Waals surface area contributed by atoms with Crippen LogP contribution in [0.25, 0.3) is 11.1 Å². The first-order chi connectivity index (χ1) is 16.8.